The molecule has 0 amide bonds. The summed E-state index contributed by atoms with van der Waals surface area (Å²) in [5.74, 6) is 0.0485. The quantitative estimate of drug-likeness (QED) is 0.701. The van der Waals surface area contributed by atoms with E-state index in [9.17, 15) is 8.42 Å². The summed E-state index contributed by atoms with van der Waals surface area (Å²) in [5.41, 5.74) is 1.74. The monoisotopic (exact) mass is 258 g/mol. The molecule has 0 fully saturated rings. The molecule has 1 heterocycles. The summed E-state index contributed by atoms with van der Waals surface area (Å²) >= 11 is 0. The van der Waals surface area contributed by atoms with Gasteiger partial charge in [0, 0.05) is 25.0 Å². The van der Waals surface area contributed by atoms with E-state index in [0.29, 0.717) is 12.8 Å². The second kappa shape index (κ2) is 6.68. The van der Waals surface area contributed by atoms with Gasteiger partial charge in [0.15, 0.2) is 0 Å². The summed E-state index contributed by atoms with van der Waals surface area (Å²) in [6.07, 6.45) is 2.64. The molecule has 0 radical (unpaired) electrons. The molecule has 1 aromatic rings. The number of rotatable bonds is 7. The van der Waals surface area contributed by atoms with E-state index in [1.54, 1.807) is 6.20 Å². The number of hydrogen-bond acceptors (Lipinski definition) is 4. The minimum atomic E-state index is -3.25. The van der Waals surface area contributed by atoms with Crippen LogP contribution in [0.2, 0.25) is 0 Å². The van der Waals surface area contributed by atoms with Crippen LogP contribution in [0.1, 0.15) is 24.1 Å². The van der Waals surface area contributed by atoms with Crippen molar-refractivity contribution in [3.8, 4) is 0 Å². The van der Waals surface area contributed by atoms with Gasteiger partial charge in [-0.3, -0.25) is 4.98 Å². The number of aryl methyl sites for hydroxylation is 1. The lowest BCUT2D eigenvalue weighted by Crippen LogP contribution is -2.26. The first-order valence-electron chi connectivity index (χ1n) is 5.53. The highest BCUT2D eigenvalue weighted by atomic mass is 32.2. The van der Waals surface area contributed by atoms with Crippen molar-refractivity contribution in [3.05, 3.63) is 29.6 Å². The first-order chi connectivity index (χ1) is 8.03. The van der Waals surface area contributed by atoms with E-state index in [-0.39, 0.29) is 18.9 Å². The third-order valence-corrected chi connectivity index (χ3v) is 3.70. The summed E-state index contributed by atoms with van der Waals surface area (Å²) in [6, 6.07) is 3.69. The number of unbranched alkanes of at least 4 members (excludes halogenated alkanes) is 1. The van der Waals surface area contributed by atoms with E-state index in [1.165, 1.54) is 0 Å². The average Bonchev–Trinajstić information content (AvgIpc) is 2.29. The number of aromatic nitrogens is 1. The number of pyridine rings is 1. The fourth-order valence-corrected chi connectivity index (χ4v) is 2.39. The van der Waals surface area contributed by atoms with Gasteiger partial charge in [0.2, 0.25) is 10.0 Å². The van der Waals surface area contributed by atoms with Gasteiger partial charge in [0.1, 0.15) is 0 Å². The average molecular weight is 258 g/mol. The number of sulfonamides is 1. The zero-order valence-electron chi connectivity index (χ0n) is 9.89. The number of nitrogens with zero attached hydrogens (tertiary/aromatic N) is 1. The number of nitrogens with one attached hydrogen (secondary N) is 1. The van der Waals surface area contributed by atoms with Gasteiger partial charge in [-0.1, -0.05) is 6.07 Å². The third kappa shape index (κ3) is 5.76. The lowest BCUT2D eigenvalue weighted by molar-refractivity contribution is 0.287. The summed E-state index contributed by atoms with van der Waals surface area (Å²) in [5, 5.41) is 8.57. The molecule has 17 heavy (non-hydrogen) atoms. The normalized spacial score (nSPS) is 11.6. The van der Waals surface area contributed by atoms with Crippen molar-refractivity contribution in [1.29, 1.82) is 0 Å². The Labute approximate surface area is 102 Å². The van der Waals surface area contributed by atoms with Crippen LogP contribution < -0.4 is 4.72 Å². The van der Waals surface area contributed by atoms with Crippen LogP contribution in [-0.4, -0.2) is 30.9 Å². The summed E-state index contributed by atoms with van der Waals surface area (Å²) in [7, 11) is -3.25. The predicted molar refractivity (Wildman–Crippen MR) is 65.9 cm³/mol. The molecule has 0 aromatic carbocycles. The van der Waals surface area contributed by atoms with Crippen molar-refractivity contribution in [1.82, 2.24) is 9.71 Å². The first-order valence-corrected chi connectivity index (χ1v) is 7.18. The van der Waals surface area contributed by atoms with E-state index in [4.69, 9.17) is 5.11 Å². The predicted octanol–water partition coefficient (Wildman–Crippen LogP) is 0.582. The fourth-order valence-electron chi connectivity index (χ4n) is 1.27. The maximum absolute atomic E-state index is 11.5. The van der Waals surface area contributed by atoms with Crippen LogP contribution in [0.15, 0.2) is 18.3 Å². The number of hydrogen-bond donors (Lipinski definition) is 2. The molecule has 96 valence electrons. The Morgan fingerprint density at radius 2 is 2.12 bits per heavy atom. The maximum atomic E-state index is 11.5. The molecular formula is C11H18N2O3S. The number of aliphatic hydroxyl groups is 1. The Hall–Kier alpha value is -0.980. The van der Waals surface area contributed by atoms with Crippen LogP contribution in [-0.2, 0) is 16.6 Å². The molecule has 1 rings (SSSR count). The van der Waals surface area contributed by atoms with Crippen LogP contribution >= 0.6 is 0 Å². The van der Waals surface area contributed by atoms with Crippen molar-refractivity contribution in [3.63, 3.8) is 0 Å². The third-order valence-electron chi connectivity index (χ3n) is 2.29. The Kier molecular flexibility index (Phi) is 5.54. The molecule has 0 aliphatic carbocycles. The summed E-state index contributed by atoms with van der Waals surface area (Å²) in [4.78, 5) is 4.09. The molecular weight excluding hydrogens is 240 g/mol. The van der Waals surface area contributed by atoms with Crippen molar-refractivity contribution in [2.24, 2.45) is 0 Å². The Bertz CT molecular complexity index is 429. The molecule has 0 aliphatic heterocycles. The second-order valence-electron chi connectivity index (χ2n) is 3.88. The molecule has 0 bridgehead atoms. The van der Waals surface area contributed by atoms with E-state index in [1.807, 2.05) is 19.1 Å². The minimum Gasteiger partial charge on any atom is -0.396 e. The Morgan fingerprint density at radius 3 is 2.71 bits per heavy atom. The first kappa shape index (κ1) is 14.1. The van der Waals surface area contributed by atoms with Crippen molar-refractivity contribution in [2.45, 2.75) is 26.3 Å². The van der Waals surface area contributed by atoms with Crippen LogP contribution in [0.5, 0.6) is 0 Å². The second-order valence-corrected chi connectivity index (χ2v) is 5.80. The van der Waals surface area contributed by atoms with Crippen molar-refractivity contribution >= 4 is 10.0 Å². The molecule has 1 aromatic heterocycles. The van der Waals surface area contributed by atoms with Gasteiger partial charge in [0.25, 0.3) is 0 Å². The van der Waals surface area contributed by atoms with Crippen LogP contribution in [0.25, 0.3) is 0 Å². The standard InChI is InChI=1S/C11H18N2O3S/c1-10-4-5-11(8-12-10)9-13-17(15,16)7-3-2-6-14/h4-5,8,13-14H,2-3,6-7,9H2,1H3. The van der Waals surface area contributed by atoms with E-state index >= 15 is 0 Å². The lowest BCUT2D eigenvalue weighted by atomic mass is 10.2. The summed E-state index contributed by atoms with van der Waals surface area (Å²) in [6.45, 7) is 2.16. The van der Waals surface area contributed by atoms with Crippen LogP contribution in [0.4, 0.5) is 0 Å². The van der Waals surface area contributed by atoms with E-state index in [2.05, 4.69) is 9.71 Å². The van der Waals surface area contributed by atoms with E-state index < -0.39 is 10.0 Å². The van der Waals surface area contributed by atoms with Gasteiger partial charge in [0.05, 0.1) is 5.75 Å². The molecule has 0 saturated carbocycles. The summed E-state index contributed by atoms with van der Waals surface area (Å²) < 4.78 is 25.6. The molecule has 0 atom stereocenters. The highest BCUT2D eigenvalue weighted by molar-refractivity contribution is 7.89. The molecule has 2 N–H and O–H groups in total. The minimum absolute atomic E-state index is 0.0252. The van der Waals surface area contributed by atoms with Gasteiger partial charge < -0.3 is 5.11 Å². The molecule has 0 spiro atoms. The fraction of sp³-hybridized carbons (Fsp3) is 0.545. The molecule has 0 aliphatic rings. The molecule has 0 saturated heterocycles. The van der Waals surface area contributed by atoms with Gasteiger partial charge in [-0.25, -0.2) is 13.1 Å². The van der Waals surface area contributed by atoms with Gasteiger partial charge in [-0.05, 0) is 31.4 Å². The zero-order chi connectivity index (χ0) is 12.7. The van der Waals surface area contributed by atoms with Crippen molar-refractivity contribution < 1.29 is 13.5 Å². The van der Waals surface area contributed by atoms with Gasteiger partial charge in [-0.2, -0.15) is 0 Å². The molecule has 6 heteroatoms. The lowest BCUT2D eigenvalue weighted by Gasteiger charge is -2.06. The largest absolute Gasteiger partial charge is 0.396 e. The topological polar surface area (TPSA) is 79.3 Å². The van der Waals surface area contributed by atoms with Crippen LogP contribution in [0, 0.1) is 6.92 Å². The molecule has 0 unspecified atom stereocenters. The smallest absolute Gasteiger partial charge is 0.211 e. The Balaban J connectivity index is 2.41. The molecule has 5 nitrogen and oxygen atoms in total. The number of aliphatic hydroxyl groups excluding tert-OH is 1. The highest BCUT2D eigenvalue weighted by Gasteiger charge is 2.09. The van der Waals surface area contributed by atoms with Crippen LogP contribution in [0.3, 0.4) is 0 Å². The highest BCUT2D eigenvalue weighted by Crippen LogP contribution is 2.01. The SMILES string of the molecule is Cc1ccc(CNS(=O)(=O)CCCCO)cn1. The van der Waals surface area contributed by atoms with Crippen molar-refractivity contribution in [2.75, 3.05) is 12.4 Å². The van der Waals surface area contributed by atoms with Gasteiger partial charge in [-0.15, -0.1) is 0 Å². The van der Waals surface area contributed by atoms with E-state index in [0.717, 1.165) is 11.3 Å². The van der Waals surface area contributed by atoms with Gasteiger partial charge >= 0.3 is 0 Å². The zero-order valence-corrected chi connectivity index (χ0v) is 10.7. The maximum Gasteiger partial charge on any atom is 0.211 e. The Morgan fingerprint density at radius 1 is 1.35 bits per heavy atom.